The highest BCUT2D eigenvalue weighted by Crippen LogP contribution is 2.30. The number of hydrogen-bond donors (Lipinski definition) is 1. The van der Waals surface area contributed by atoms with Crippen molar-refractivity contribution in [1.29, 1.82) is 0 Å². The fraction of sp³-hybridized carbons (Fsp3) is 0.136. The number of fused-ring (bicyclic) bond motifs is 1. The summed E-state index contributed by atoms with van der Waals surface area (Å²) in [4.78, 5) is 39.8. The first-order valence-electron chi connectivity index (χ1n) is 9.57. The molecule has 0 saturated carbocycles. The van der Waals surface area contributed by atoms with Crippen LogP contribution in [0.2, 0.25) is 0 Å². The number of benzene rings is 2. The molecule has 1 unspecified atom stereocenters. The number of rotatable bonds is 6. The van der Waals surface area contributed by atoms with Crippen LogP contribution >= 0.6 is 0 Å². The number of carbonyl (C=O) groups excluding carboxylic acids is 1. The van der Waals surface area contributed by atoms with E-state index in [0.29, 0.717) is 0 Å². The third-order valence-corrected chi connectivity index (χ3v) is 5.00. The third-order valence-electron chi connectivity index (χ3n) is 5.00. The van der Waals surface area contributed by atoms with Crippen molar-refractivity contribution in [3.05, 3.63) is 92.8 Å². The van der Waals surface area contributed by atoms with Gasteiger partial charge in [-0.05, 0) is 30.7 Å². The van der Waals surface area contributed by atoms with Gasteiger partial charge in [-0.25, -0.2) is 9.78 Å². The van der Waals surface area contributed by atoms with E-state index in [2.05, 4.69) is 10.3 Å². The molecule has 162 valence electrons. The van der Waals surface area contributed by atoms with Crippen molar-refractivity contribution in [3.8, 4) is 11.4 Å². The van der Waals surface area contributed by atoms with Gasteiger partial charge in [0.25, 0.3) is 11.6 Å². The van der Waals surface area contributed by atoms with Crippen LogP contribution in [0.4, 0.5) is 5.69 Å². The Morgan fingerprint density at radius 3 is 2.62 bits per heavy atom. The van der Waals surface area contributed by atoms with E-state index in [4.69, 9.17) is 9.15 Å². The summed E-state index contributed by atoms with van der Waals surface area (Å²) in [5.41, 5.74) is 0.385. The molecule has 2 aromatic heterocycles. The highest BCUT2D eigenvalue weighted by molar-refractivity contribution is 5.98. The maximum atomic E-state index is 12.8. The van der Waals surface area contributed by atoms with Crippen molar-refractivity contribution in [2.45, 2.75) is 13.0 Å². The van der Waals surface area contributed by atoms with Crippen LogP contribution in [0.25, 0.3) is 16.7 Å². The fourth-order valence-electron chi connectivity index (χ4n) is 3.31. The van der Waals surface area contributed by atoms with Crippen LogP contribution in [0.5, 0.6) is 5.75 Å². The van der Waals surface area contributed by atoms with E-state index < -0.39 is 22.5 Å². The molecular formula is C22H18N4O6. The molecule has 0 aliphatic heterocycles. The molecule has 10 heteroatoms. The van der Waals surface area contributed by atoms with Gasteiger partial charge in [0.2, 0.25) is 0 Å². The Labute approximate surface area is 181 Å². The summed E-state index contributed by atoms with van der Waals surface area (Å²) < 4.78 is 12.2. The summed E-state index contributed by atoms with van der Waals surface area (Å²) >= 11 is 0. The summed E-state index contributed by atoms with van der Waals surface area (Å²) in [5.74, 6) is -0.623. The molecule has 32 heavy (non-hydrogen) atoms. The van der Waals surface area contributed by atoms with Crippen LogP contribution in [0.15, 0.2) is 70.4 Å². The topological polar surface area (TPSA) is 130 Å². The number of hydrogen-bond acceptors (Lipinski definition) is 7. The number of nitrogens with zero attached hydrogens (tertiary/aromatic N) is 3. The Morgan fingerprint density at radius 2 is 2.00 bits per heavy atom. The number of nitro groups is 1. The average molecular weight is 434 g/mol. The van der Waals surface area contributed by atoms with E-state index in [0.717, 1.165) is 17.3 Å². The normalized spacial score (nSPS) is 11.8. The molecule has 0 aliphatic rings. The van der Waals surface area contributed by atoms with Gasteiger partial charge in [0.1, 0.15) is 5.56 Å². The Balaban J connectivity index is 1.61. The smallest absolute Gasteiger partial charge is 0.349 e. The molecule has 1 atom stereocenters. The first kappa shape index (κ1) is 20.8. The molecule has 4 rings (SSSR count). The first-order chi connectivity index (χ1) is 15.4. The first-order valence-corrected chi connectivity index (χ1v) is 9.57. The number of nitro benzene ring substituents is 1. The minimum Gasteiger partial charge on any atom is -0.493 e. The molecule has 2 aromatic carbocycles. The van der Waals surface area contributed by atoms with E-state index in [-0.39, 0.29) is 28.0 Å². The lowest BCUT2D eigenvalue weighted by molar-refractivity contribution is -0.384. The highest BCUT2D eigenvalue weighted by Gasteiger charge is 2.20. The molecule has 0 aliphatic carbocycles. The highest BCUT2D eigenvalue weighted by atomic mass is 16.6. The zero-order valence-corrected chi connectivity index (χ0v) is 17.1. The molecule has 1 N–H and O–H groups in total. The Hall–Kier alpha value is -4.47. The minimum absolute atomic E-state index is 0.0304. The van der Waals surface area contributed by atoms with Gasteiger partial charge in [0.15, 0.2) is 11.3 Å². The van der Waals surface area contributed by atoms with Gasteiger partial charge in [0.05, 0.1) is 30.5 Å². The lowest BCUT2D eigenvalue weighted by atomic mass is 10.1. The number of amides is 1. The molecule has 1 amide bonds. The number of aromatic nitrogens is 2. The lowest BCUT2D eigenvalue weighted by Gasteiger charge is -2.15. The summed E-state index contributed by atoms with van der Waals surface area (Å²) in [7, 11) is 1.30. The lowest BCUT2D eigenvalue weighted by Crippen LogP contribution is -2.30. The third kappa shape index (κ3) is 3.93. The molecular weight excluding hydrogens is 416 g/mol. The molecule has 10 nitrogen and oxygen atoms in total. The van der Waals surface area contributed by atoms with Crippen molar-refractivity contribution in [3.63, 3.8) is 0 Å². The number of nitrogens with one attached hydrogen (secondary N) is 1. The summed E-state index contributed by atoms with van der Waals surface area (Å²) in [6.07, 6.45) is 5.17. The molecule has 0 saturated heterocycles. The second kappa shape index (κ2) is 8.34. The van der Waals surface area contributed by atoms with Gasteiger partial charge in [-0.15, -0.1) is 0 Å². The van der Waals surface area contributed by atoms with E-state index >= 15 is 0 Å². The van der Waals surface area contributed by atoms with E-state index in [1.54, 1.807) is 19.4 Å². The minimum atomic E-state index is -0.871. The molecule has 0 bridgehead atoms. The van der Waals surface area contributed by atoms with Crippen molar-refractivity contribution in [2.75, 3.05) is 7.11 Å². The van der Waals surface area contributed by atoms with Crippen LogP contribution in [0.1, 0.15) is 28.9 Å². The molecule has 0 radical (unpaired) electrons. The number of carbonyl (C=O) groups is 1. The Bertz CT molecular complexity index is 1360. The predicted octanol–water partition coefficient (Wildman–Crippen LogP) is 3.39. The summed E-state index contributed by atoms with van der Waals surface area (Å²) in [6.45, 7) is 1.78. The molecule has 2 heterocycles. The quantitative estimate of drug-likeness (QED) is 0.280. The summed E-state index contributed by atoms with van der Waals surface area (Å²) in [5, 5.41) is 14.1. The predicted molar refractivity (Wildman–Crippen MR) is 115 cm³/mol. The van der Waals surface area contributed by atoms with Crippen molar-refractivity contribution < 1.29 is 18.9 Å². The van der Waals surface area contributed by atoms with Gasteiger partial charge in [0, 0.05) is 29.5 Å². The van der Waals surface area contributed by atoms with Gasteiger partial charge in [-0.3, -0.25) is 14.9 Å². The number of ether oxygens (including phenoxy) is 1. The number of imidazole rings is 1. The van der Waals surface area contributed by atoms with Crippen LogP contribution < -0.4 is 15.7 Å². The number of methoxy groups -OCH3 is 1. The van der Waals surface area contributed by atoms with Crippen LogP contribution in [-0.2, 0) is 0 Å². The zero-order valence-electron chi connectivity index (χ0n) is 17.1. The second-order valence-electron chi connectivity index (χ2n) is 7.03. The fourth-order valence-corrected chi connectivity index (χ4v) is 3.31. The maximum Gasteiger partial charge on any atom is 0.349 e. The molecule has 0 fully saturated rings. The Morgan fingerprint density at radius 1 is 1.25 bits per heavy atom. The van der Waals surface area contributed by atoms with Crippen molar-refractivity contribution in [2.24, 2.45) is 0 Å². The monoisotopic (exact) mass is 434 g/mol. The SMILES string of the molecule is COc1cc([N+](=O)[O-])cc2cc(C(=O)NC(C)c3ccc(-n4ccnc4)cc3)c(=O)oc12. The van der Waals surface area contributed by atoms with Gasteiger partial charge in [-0.1, -0.05) is 12.1 Å². The van der Waals surface area contributed by atoms with E-state index in [1.807, 2.05) is 35.0 Å². The van der Waals surface area contributed by atoms with Crippen LogP contribution in [-0.4, -0.2) is 27.5 Å². The molecule has 4 aromatic rings. The van der Waals surface area contributed by atoms with E-state index in [1.165, 1.54) is 19.2 Å². The number of non-ortho nitro benzene ring substituents is 1. The second-order valence-corrected chi connectivity index (χ2v) is 7.03. The standard InChI is InChI=1S/C22H18N4O6/c1-13(14-3-5-16(6-4-14)25-8-7-23-12-25)24-21(27)18-10-15-9-17(26(29)30)11-19(31-2)20(15)32-22(18)28/h3-13H,1-2H3,(H,24,27). The maximum absolute atomic E-state index is 12.8. The van der Waals surface area contributed by atoms with Crippen LogP contribution in [0.3, 0.4) is 0 Å². The van der Waals surface area contributed by atoms with Crippen molar-refractivity contribution >= 4 is 22.6 Å². The largest absolute Gasteiger partial charge is 0.493 e. The summed E-state index contributed by atoms with van der Waals surface area (Å²) in [6, 6.07) is 10.7. The van der Waals surface area contributed by atoms with Gasteiger partial charge >= 0.3 is 5.63 Å². The van der Waals surface area contributed by atoms with Crippen LogP contribution in [0, 0.1) is 10.1 Å². The van der Waals surface area contributed by atoms with Gasteiger partial charge in [-0.2, -0.15) is 0 Å². The van der Waals surface area contributed by atoms with Crippen molar-refractivity contribution in [1.82, 2.24) is 14.9 Å². The average Bonchev–Trinajstić information content (AvgIpc) is 3.33. The Kier molecular flexibility index (Phi) is 5.42. The molecule has 0 spiro atoms. The van der Waals surface area contributed by atoms with Gasteiger partial charge < -0.3 is 19.0 Å². The van der Waals surface area contributed by atoms with E-state index in [9.17, 15) is 19.7 Å². The zero-order chi connectivity index (χ0) is 22.8.